The predicted octanol–water partition coefficient (Wildman–Crippen LogP) is 4.10. The monoisotopic (exact) mass is 401 g/mol. The molecule has 2 rings (SSSR count). The van der Waals surface area contributed by atoms with Crippen LogP contribution in [0.15, 0.2) is 30.3 Å². The van der Waals surface area contributed by atoms with E-state index in [2.05, 4.69) is 5.32 Å². The average molecular weight is 401 g/mol. The molecule has 1 N–H and O–H groups in total. The van der Waals surface area contributed by atoms with E-state index in [1.54, 1.807) is 24.3 Å². The van der Waals surface area contributed by atoms with Gasteiger partial charge in [-0.2, -0.15) is 0 Å². The van der Waals surface area contributed by atoms with Crippen LogP contribution in [0.5, 0.6) is 0 Å². The minimum absolute atomic E-state index is 0.0252. The summed E-state index contributed by atoms with van der Waals surface area (Å²) in [5.41, 5.74) is 1.37. The number of carbonyl (C=O) groups is 4. The summed E-state index contributed by atoms with van der Waals surface area (Å²) in [6.45, 7) is 6.64. The Balaban J connectivity index is 1.88. The quantitative estimate of drug-likeness (QED) is 0.531. The number of hydrogen-bond donors (Lipinski definition) is 1. The number of anilines is 1. The van der Waals surface area contributed by atoms with Crippen LogP contribution in [-0.2, 0) is 14.3 Å². The molecule has 1 aromatic heterocycles. The van der Waals surface area contributed by atoms with Crippen molar-refractivity contribution in [3.63, 3.8) is 0 Å². The Kier molecular flexibility index (Phi) is 7.23. The summed E-state index contributed by atoms with van der Waals surface area (Å²) in [7, 11) is 0. The second kappa shape index (κ2) is 9.41. The first kappa shape index (κ1) is 21.5. The number of ether oxygens (including phenoxy) is 1. The summed E-state index contributed by atoms with van der Waals surface area (Å²) in [4.78, 5) is 50.1. The molecular weight excluding hydrogens is 378 g/mol. The van der Waals surface area contributed by atoms with E-state index in [1.807, 2.05) is 19.9 Å². The van der Waals surface area contributed by atoms with E-state index >= 15 is 0 Å². The maximum atomic E-state index is 12.3. The molecule has 0 bridgehead atoms. The van der Waals surface area contributed by atoms with E-state index < -0.39 is 18.0 Å². The van der Waals surface area contributed by atoms with Crippen LogP contribution in [0, 0.1) is 13.8 Å². The van der Waals surface area contributed by atoms with Gasteiger partial charge in [0.2, 0.25) is 0 Å². The van der Waals surface area contributed by atoms with Crippen LogP contribution in [-0.4, -0.2) is 29.5 Å². The minimum atomic E-state index is -1.05. The normalized spacial score (nSPS) is 11.6. The number of nitrogens with one attached hydrogen (secondary N) is 1. The molecule has 7 heteroatoms. The van der Waals surface area contributed by atoms with Crippen LogP contribution >= 0.6 is 11.3 Å². The Hall–Kier alpha value is -2.80. The number of carbonyl (C=O) groups excluding carboxylic acids is 4. The number of Topliss-reactive ketones (excluding diaryl/α,β-unsaturated/α-hetero) is 2. The van der Waals surface area contributed by atoms with Gasteiger partial charge in [0.15, 0.2) is 17.7 Å². The Morgan fingerprint density at radius 3 is 2.36 bits per heavy atom. The lowest BCUT2D eigenvalue weighted by Crippen LogP contribution is -2.30. The first-order chi connectivity index (χ1) is 13.2. The Labute approximate surface area is 167 Å². The van der Waals surface area contributed by atoms with Crippen molar-refractivity contribution >= 4 is 40.5 Å². The first-order valence-electron chi connectivity index (χ1n) is 8.89. The first-order valence-corrected chi connectivity index (χ1v) is 9.71. The minimum Gasteiger partial charge on any atom is -0.453 e. The van der Waals surface area contributed by atoms with Gasteiger partial charge in [0, 0.05) is 27.3 Å². The smallest absolute Gasteiger partial charge is 0.307 e. The topological polar surface area (TPSA) is 89.5 Å². The van der Waals surface area contributed by atoms with Crippen LogP contribution in [0.3, 0.4) is 0 Å². The number of para-hydroxylation sites is 1. The third kappa shape index (κ3) is 5.60. The molecule has 148 valence electrons. The van der Waals surface area contributed by atoms with Gasteiger partial charge in [0.05, 0.1) is 12.1 Å². The zero-order valence-corrected chi connectivity index (χ0v) is 17.1. The van der Waals surface area contributed by atoms with Crippen LogP contribution in [0.4, 0.5) is 5.69 Å². The molecule has 1 atom stereocenters. The van der Waals surface area contributed by atoms with Gasteiger partial charge in [-0.05, 0) is 45.9 Å². The SMILES string of the molecule is CC(=O)c1ccccc1NC(=O)C(C)OC(=O)CCC(=O)c1cc(C)sc1C. The van der Waals surface area contributed by atoms with Crippen molar-refractivity contribution in [2.24, 2.45) is 0 Å². The number of thiophene rings is 1. The molecule has 0 fully saturated rings. The molecule has 0 aliphatic heterocycles. The van der Waals surface area contributed by atoms with Crippen LogP contribution < -0.4 is 5.32 Å². The molecule has 28 heavy (non-hydrogen) atoms. The lowest BCUT2D eigenvalue weighted by molar-refractivity contribution is -0.153. The van der Waals surface area contributed by atoms with Gasteiger partial charge in [0.25, 0.3) is 5.91 Å². The average Bonchev–Trinajstić information content (AvgIpc) is 2.98. The molecular formula is C21H23NO5S. The molecule has 1 heterocycles. The van der Waals surface area contributed by atoms with Crippen LogP contribution in [0.25, 0.3) is 0 Å². The van der Waals surface area contributed by atoms with Crippen LogP contribution in [0.2, 0.25) is 0 Å². The lowest BCUT2D eigenvalue weighted by atomic mass is 10.1. The van der Waals surface area contributed by atoms with E-state index in [9.17, 15) is 19.2 Å². The van der Waals surface area contributed by atoms with Crippen molar-refractivity contribution in [1.82, 2.24) is 0 Å². The summed E-state index contributed by atoms with van der Waals surface area (Å²) in [5.74, 6) is -1.47. The molecule has 0 saturated carbocycles. The highest BCUT2D eigenvalue weighted by atomic mass is 32.1. The van der Waals surface area contributed by atoms with Crippen LogP contribution in [0.1, 0.15) is 57.2 Å². The molecule has 0 aliphatic carbocycles. The van der Waals surface area contributed by atoms with Gasteiger partial charge in [-0.1, -0.05) is 12.1 Å². The number of esters is 1. The zero-order chi connectivity index (χ0) is 20.8. The van der Waals surface area contributed by atoms with Gasteiger partial charge >= 0.3 is 5.97 Å². The molecule has 0 aliphatic rings. The summed E-state index contributed by atoms with van der Waals surface area (Å²) in [6, 6.07) is 8.42. The number of benzene rings is 1. The van der Waals surface area contributed by atoms with Gasteiger partial charge in [-0.15, -0.1) is 11.3 Å². The molecule has 1 amide bonds. The lowest BCUT2D eigenvalue weighted by Gasteiger charge is -2.15. The Morgan fingerprint density at radius 1 is 1.07 bits per heavy atom. The van der Waals surface area contributed by atoms with Gasteiger partial charge < -0.3 is 10.1 Å². The fraction of sp³-hybridized carbons (Fsp3) is 0.333. The van der Waals surface area contributed by atoms with E-state index in [-0.39, 0.29) is 24.4 Å². The van der Waals surface area contributed by atoms with E-state index in [1.165, 1.54) is 25.2 Å². The maximum absolute atomic E-state index is 12.3. The maximum Gasteiger partial charge on any atom is 0.307 e. The number of hydrogen-bond acceptors (Lipinski definition) is 6. The Bertz CT molecular complexity index is 915. The number of aryl methyl sites for hydroxylation is 2. The van der Waals surface area contributed by atoms with E-state index in [0.29, 0.717) is 16.8 Å². The van der Waals surface area contributed by atoms with Crippen molar-refractivity contribution < 1.29 is 23.9 Å². The highest BCUT2D eigenvalue weighted by molar-refractivity contribution is 7.12. The number of amides is 1. The highest BCUT2D eigenvalue weighted by Gasteiger charge is 2.21. The molecule has 0 radical (unpaired) electrons. The standard InChI is InChI=1S/C21H23NO5S/c1-12-11-17(15(4)28-12)19(24)9-10-20(25)27-14(3)21(26)22-18-8-6-5-7-16(18)13(2)23/h5-8,11,14H,9-10H2,1-4H3,(H,22,26). The number of ketones is 2. The third-order valence-corrected chi connectivity index (χ3v) is 5.11. The van der Waals surface area contributed by atoms with Crippen molar-refractivity contribution in [3.05, 3.63) is 51.2 Å². The highest BCUT2D eigenvalue weighted by Crippen LogP contribution is 2.22. The van der Waals surface area contributed by atoms with Crippen molar-refractivity contribution in [1.29, 1.82) is 0 Å². The van der Waals surface area contributed by atoms with Gasteiger partial charge in [-0.25, -0.2) is 0 Å². The Morgan fingerprint density at radius 2 is 1.75 bits per heavy atom. The molecule has 0 saturated heterocycles. The molecule has 1 unspecified atom stereocenters. The van der Waals surface area contributed by atoms with E-state index in [0.717, 1.165) is 9.75 Å². The largest absolute Gasteiger partial charge is 0.453 e. The summed E-state index contributed by atoms with van der Waals surface area (Å²) in [6.07, 6.45) is -1.13. The second-order valence-corrected chi connectivity index (χ2v) is 7.93. The molecule has 0 spiro atoms. The molecule has 2 aromatic rings. The second-order valence-electron chi connectivity index (χ2n) is 6.47. The van der Waals surface area contributed by atoms with Gasteiger partial charge in [0.1, 0.15) is 0 Å². The fourth-order valence-corrected chi connectivity index (χ4v) is 3.64. The van der Waals surface area contributed by atoms with Gasteiger partial charge in [-0.3, -0.25) is 19.2 Å². The van der Waals surface area contributed by atoms with Crippen molar-refractivity contribution in [2.75, 3.05) is 5.32 Å². The molecule has 1 aromatic carbocycles. The number of rotatable bonds is 8. The fourth-order valence-electron chi connectivity index (χ4n) is 2.70. The predicted molar refractivity (Wildman–Crippen MR) is 108 cm³/mol. The third-order valence-electron chi connectivity index (χ3n) is 4.14. The summed E-state index contributed by atoms with van der Waals surface area (Å²) >= 11 is 1.54. The summed E-state index contributed by atoms with van der Waals surface area (Å²) in [5, 5.41) is 2.60. The molecule has 6 nitrogen and oxygen atoms in total. The van der Waals surface area contributed by atoms with Crippen molar-refractivity contribution in [3.8, 4) is 0 Å². The summed E-state index contributed by atoms with van der Waals surface area (Å²) < 4.78 is 5.12. The zero-order valence-electron chi connectivity index (χ0n) is 16.3. The van der Waals surface area contributed by atoms with E-state index in [4.69, 9.17) is 4.74 Å². The van der Waals surface area contributed by atoms with Crippen molar-refractivity contribution in [2.45, 2.75) is 46.6 Å².